The summed E-state index contributed by atoms with van der Waals surface area (Å²) in [4.78, 5) is 11.1. The van der Waals surface area contributed by atoms with Gasteiger partial charge in [0.05, 0.1) is 0 Å². The summed E-state index contributed by atoms with van der Waals surface area (Å²) in [5.41, 5.74) is 2.55. The van der Waals surface area contributed by atoms with Gasteiger partial charge in [0.25, 0.3) is 0 Å². The van der Waals surface area contributed by atoms with Gasteiger partial charge in [0.1, 0.15) is 6.10 Å². The number of amides is 1. The van der Waals surface area contributed by atoms with Gasteiger partial charge in [-0.05, 0) is 36.8 Å². The Morgan fingerprint density at radius 3 is 2.22 bits per heavy atom. The first-order chi connectivity index (χ1) is 8.49. The number of rotatable bonds is 6. The van der Waals surface area contributed by atoms with E-state index in [-0.39, 0.29) is 5.91 Å². The SMILES string of the molecule is CC(C)Cc1ccc(CCNC(=O)C(C)O)cc1. The predicted molar refractivity (Wildman–Crippen MR) is 73.4 cm³/mol. The number of benzene rings is 1. The molecular formula is C15H23NO2. The number of carbonyl (C=O) groups excluding carboxylic acids is 1. The monoisotopic (exact) mass is 249 g/mol. The Hall–Kier alpha value is -1.35. The topological polar surface area (TPSA) is 49.3 Å². The van der Waals surface area contributed by atoms with E-state index < -0.39 is 6.10 Å². The van der Waals surface area contributed by atoms with Crippen LogP contribution in [0.15, 0.2) is 24.3 Å². The molecule has 0 heterocycles. The molecule has 100 valence electrons. The van der Waals surface area contributed by atoms with Gasteiger partial charge in [-0.25, -0.2) is 0 Å². The Balaban J connectivity index is 2.37. The highest BCUT2D eigenvalue weighted by atomic mass is 16.3. The molecule has 1 rings (SSSR count). The average molecular weight is 249 g/mol. The van der Waals surface area contributed by atoms with Crippen molar-refractivity contribution in [1.29, 1.82) is 0 Å². The Morgan fingerprint density at radius 1 is 1.17 bits per heavy atom. The molecule has 0 aliphatic heterocycles. The van der Waals surface area contributed by atoms with Gasteiger partial charge in [0.2, 0.25) is 5.91 Å². The first-order valence-electron chi connectivity index (χ1n) is 6.52. The lowest BCUT2D eigenvalue weighted by Crippen LogP contribution is -2.33. The zero-order valence-electron chi connectivity index (χ0n) is 11.4. The minimum absolute atomic E-state index is 0.313. The number of hydrogen-bond acceptors (Lipinski definition) is 2. The fourth-order valence-electron chi connectivity index (χ4n) is 1.79. The van der Waals surface area contributed by atoms with Crippen LogP contribution in [-0.2, 0) is 17.6 Å². The fraction of sp³-hybridized carbons (Fsp3) is 0.533. The highest BCUT2D eigenvalue weighted by molar-refractivity contribution is 5.79. The molecule has 1 amide bonds. The quantitative estimate of drug-likeness (QED) is 0.809. The fourth-order valence-corrected chi connectivity index (χ4v) is 1.79. The summed E-state index contributed by atoms with van der Waals surface area (Å²) in [6, 6.07) is 8.50. The molecule has 0 saturated heterocycles. The van der Waals surface area contributed by atoms with E-state index in [0.29, 0.717) is 12.5 Å². The summed E-state index contributed by atoms with van der Waals surface area (Å²) in [6.45, 7) is 6.45. The molecule has 0 bridgehead atoms. The third kappa shape index (κ3) is 5.32. The third-order valence-corrected chi connectivity index (χ3v) is 2.76. The van der Waals surface area contributed by atoms with Crippen molar-refractivity contribution in [3.8, 4) is 0 Å². The molecule has 0 radical (unpaired) electrons. The molecule has 0 spiro atoms. The van der Waals surface area contributed by atoms with Crippen molar-refractivity contribution in [2.24, 2.45) is 5.92 Å². The van der Waals surface area contributed by atoms with E-state index in [1.165, 1.54) is 18.1 Å². The number of aliphatic hydroxyl groups is 1. The normalized spacial score (nSPS) is 12.5. The number of hydrogen-bond donors (Lipinski definition) is 2. The Morgan fingerprint density at radius 2 is 1.72 bits per heavy atom. The van der Waals surface area contributed by atoms with Crippen LogP contribution in [0, 0.1) is 5.92 Å². The molecule has 18 heavy (non-hydrogen) atoms. The van der Waals surface area contributed by atoms with Crippen LogP contribution in [0.25, 0.3) is 0 Å². The highest BCUT2D eigenvalue weighted by Crippen LogP contribution is 2.09. The maximum atomic E-state index is 11.1. The van der Waals surface area contributed by atoms with E-state index in [2.05, 4.69) is 43.4 Å². The maximum absolute atomic E-state index is 11.1. The summed E-state index contributed by atoms with van der Waals surface area (Å²) in [6.07, 6.45) is 0.956. The number of nitrogens with one attached hydrogen (secondary N) is 1. The van der Waals surface area contributed by atoms with Gasteiger partial charge in [-0.2, -0.15) is 0 Å². The minimum Gasteiger partial charge on any atom is -0.384 e. The standard InChI is InChI=1S/C15H23NO2/c1-11(2)10-14-6-4-13(5-7-14)8-9-16-15(18)12(3)17/h4-7,11-12,17H,8-10H2,1-3H3,(H,16,18). The molecule has 1 unspecified atom stereocenters. The van der Waals surface area contributed by atoms with Crippen LogP contribution in [0.2, 0.25) is 0 Å². The van der Waals surface area contributed by atoms with Crippen LogP contribution >= 0.6 is 0 Å². The average Bonchev–Trinajstić information content (AvgIpc) is 2.30. The predicted octanol–water partition coefficient (Wildman–Crippen LogP) is 1.92. The Labute approximate surface area is 109 Å². The largest absolute Gasteiger partial charge is 0.384 e. The van der Waals surface area contributed by atoms with E-state index in [9.17, 15) is 4.79 Å². The highest BCUT2D eigenvalue weighted by Gasteiger charge is 2.06. The first-order valence-corrected chi connectivity index (χ1v) is 6.52. The van der Waals surface area contributed by atoms with Gasteiger partial charge in [-0.3, -0.25) is 4.79 Å². The smallest absolute Gasteiger partial charge is 0.248 e. The van der Waals surface area contributed by atoms with Gasteiger partial charge >= 0.3 is 0 Å². The van der Waals surface area contributed by atoms with Gasteiger partial charge in [-0.15, -0.1) is 0 Å². The molecular weight excluding hydrogens is 226 g/mol. The molecule has 1 aromatic rings. The first kappa shape index (κ1) is 14.7. The van der Waals surface area contributed by atoms with Crippen molar-refractivity contribution in [3.05, 3.63) is 35.4 Å². The summed E-state index contributed by atoms with van der Waals surface area (Å²) >= 11 is 0. The second-order valence-electron chi connectivity index (χ2n) is 5.13. The third-order valence-electron chi connectivity index (χ3n) is 2.76. The molecule has 2 N–H and O–H groups in total. The van der Waals surface area contributed by atoms with Crippen molar-refractivity contribution in [1.82, 2.24) is 5.32 Å². The van der Waals surface area contributed by atoms with Crippen LogP contribution in [0.5, 0.6) is 0 Å². The zero-order chi connectivity index (χ0) is 13.5. The summed E-state index contributed by atoms with van der Waals surface area (Å²) in [5.74, 6) is 0.354. The van der Waals surface area contributed by atoms with Crippen molar-refractivity contribution in [3.63, 3.8) is 0 Å². The van der Waals surface area contributed by atoms with Gasteiger partial charge < -0.3 is 10.4 Å². The summed E-state index contributed by atoms with van der Waals surface area (Å²) in [5, 5.41) is 11.7. The lowest BCUT2D eigenvalue weighted by Gasteiger charge is -2.08. The molecule has 0 saturated carbocycles. The van der Waals surface area contributed by atoms with Crippen molar-refractivity contribution < 1.29 is 9.90 Å². The Kier molecular flexibility index (Phi) is 5.86. The molecule has 3 heteroatoms. The molecule has 0 aliphatic rings. The number of carbonyl (C=O) groups is 1. The van der Waals surface area contributed by atoms with Crippen LogP contribution in [-0.4, -0.2) is 23.7 Å². The van der Waals surface area contributed by atoms with Gasteiger partial charge in [0.15, 0.2) is 0 Å². The van der Waals surface area contributed by atoms with Crippen LogP contribution in [0.3, 0.4) is 0 Å². The van der Waals surface area contributed by atoms with E-state index in [4.69, 9.17) is 5.11 Å². The van der Waals surface area contributed by atoms with Crippen molar-refractivity contribution in [2.75, 3.05) is 6.54 Å². The minimum atomic E-state index is -0.932. The summed E-state index contributed by atoms with van der Waals surface area (Å²) in [7, 11) is 0. The molecule has 1 atom stereocenters. The number of aliphatic hydroxyl groups excluding tert-OH is 1. The lowest BCUT2D eigenvalue weighted by atomic mass is 10.0. The second kappa shape index (κ2) is 7.17. The zero-order valence-corrected chi connectivity index (χ0v) is 11.4. The van der Waals surface area contributed by atoms with E-state index >= 15 is 0 Å². The van der Waals surface area contributed by atoms with Crippen LogP contribution in [0.4, 0.5) is 0 Å². The molecule has 3 nitrogen and oxygen atoms in total. The second-order valence-corrected chi connectivity index (χ2v) is 5.13. The van der Waals surface area contributed by atoms with E-state index in [1.54, 1.807) is 0 Å². The van der Waals surface area contributed by atoms with Crippen molar-refractivity contribution in [2.45, 2.75) is 39.7 Å². The molecule has 0 aromatic heterocycles. The molecule has 0 aliphatic carbocycles. The summed E-state index contributed by atoms with van der Waals surface area (Å²) < 4.78 is 0. The molecule has 0 fully saturated rings. The van der Waals surface area contributed by atoms with Crippen molar-refractivity contribution >= 4 is 5.91 Å². The van der Waals surface area contributed by atoms with Gasteiger partial charge in [0, 0.05) is 6.54 Å². The van der Waals surface area contributed by atoms with Crippen LogP contribution in [0.1, 0.15) is 31.9 Å². The Bertz CT molecular complexity index is 369. The van der Waals surface area contributed by atoms with Crippen LogP contribution < -0.4 is 5.32 Å². The van der Waals surface area contributed by atoms with E-state index in [0.717, 1.165) is 12.8 Å². The van der Waals surface area contributed by atoms with E-state index in [1.807, 2.05) is 0 Å². The molecule has 1 aromatic carbocycles. The maximum Gasteiger partial charge on any atom is 0.248 e. The van der Waals surface area contributed by atoms with Gasteiger partial charge in [-0.1, -0.05) is 38.1 Å². The lowest BCUT2D eigenvalue weighted by molar-refractivity contribution is -0.128.